The van der Waals surface area contributed by atoms with Gasteiger partial charge in [-0.05, 0) is 48.1 Å². The number of hydrogen-bond donors (Lipinski definition) is 2. The Hall–Kier alpha value is -1.88. The zero-order valence-corrected chi connectivity index (χ0v) is 11.4. The number of halogens is 1. The van der Waals surface area contributed by atoms with Crippen molar-refractivity contribution in [1.82, 2.24) is 5.32 Å². The van der Waals surface area contributed by atoms with Gasteiger partial charge in [-0.15, -0.1) is 11.3 Å². The van der Waals surface area contributed by atoms with Crippen molar-refractivity contribution < 1.29 is 9.18 Å². The van der Waals surface area contributed by atoms with Crippen molar-refractivity contribution in [2.75, 3.05) is 12.3 Å². The summed E-state index contributed by atoms with van der Waals surface area (Å²) in [6, 6.07) is 6.38. The Labute approximate surface area is 115 Å². The van der Waals surface area contributed by atoms with E-state index >= 15 is 0 Å². The first-order chi connectivity index (χ1) is 9.08. The minimum atomic E-state index is -0.239. The van der Waals surface area contributed by atoms with Crippen LogP contribution in [0.15, 0.2) is 29.6 Å². The van der Waals surface area contributed by atoms with Gasteiger partial charge >= 0.3 is 0 Å². The Bertz CT molecular complexity index is 595. The Morgan fingerprint density at radius 2 is 2.21 bits per heavy atom. The third-order valence-electron chi connectivity index (χ3n) is 2.89. The number of nitrogen functional groups attached to an aromatic ring is 1. The van der Waals surface area contributed by atoms with Crippen LogP contribution in [0.4, 0.5) is 10.1 Å². The van der Waals surface area contributed by atoms with Gasteiger partial charge in [0.1, 0.15) is 10.7 Å². The Morgan fingerprint density at radius 3 is 2.84 bits per heavy atom. The standard InChI is InChI=1S/C14H15FN2OS/c1-9-8-11(15)3-2-10(9)4-6-17-14(18)13-12(16)5-7-19-13/h2-3,5,7-8H,4,6,16H2,1H3,(H,17,18). The quantitative estimate of drug-likeness (QED) is 0.903. The van der Waals surface area contributed by atoms with Gasteiger partial charge < -0.3 is 11.1 Å². The summed E-state index contributed by atoms with van der Waals surface area (Å²) in [5.74, 6) is -0.399. The first kappa shape index (κ1) is 13.5. The van der Waals surface area contributed by atoms with Gasteiger partial charge in [-0.25, -0.2) is 4.39 Å². The van der Waals surface area contributed by atoms with Crippen LogP contribution < -0.4 is 11.1 Å². The minimum Gasteiger partial charge on any atom is -0.397 e. The number of rotatable bonds is 4. The molecular weight excluding hydrogens is 263 g/mol. The van der Waals surface area contributed by atoms with E-state index in [4.69, 9.17) is 5.73 Å². The fraction of sp³-hybridized carbons (Fsp3) is 0.214. The number of carbonyl (C=O) groups is 1. The molecule has 0 radical (unpaired) electrons. The molecule has 3 N–H and O–H groups in total. The number of amides is 1. The predicted octanol–water partition coefficient (Wildman–Crippen LogP) is 2.75. The average Bonchev–Trinajstić information content (AvgIpc) is 2.78. The zero-order chi connectivity index (χ0) is 13.8. The topological polar surface area (TPSA) is 55.1 Å². The number of benzene rings is 1. The van der Waals surface area contributed by atoms with Crippen LogP contribution >= 0.6 is 11.3 Å². The number of anilines is 1. The summed E-state index contributed by atoms with van der Waals surface area (Å²) >= 11 is 1.32. The molecule has 2 rings (SSSR count). The molecule has 0 aliphatic carbocycles. The molecule has 1 heterocycles. The van der Waals surface area contributed by atoms with Crippen molar-refractivity contribution in [1.29, 1.82) is 0 Å². The lowest BCUT2D eigenvalue weighted by atomic mass is 10.1. The average molecular weight is 278 g/mol. The predicted molar refractivity (Wildman–Crippen MR) is 75.9 cm³/mol. The molecule has 0 unspecified atom stereocenters. The van der Waals surface area contributed by atoms with Crippen molar-refractivity contribution in [3.05, 3.63) is 51.5 Å². The summed E-state index contributed by atoms with van der Waals surface area (Å²) in [5, 5.41) is 4.60. The maximum absolute atomic E-state index is 12.9. The second-order valence-electron chi connectivity index (χ2n) is 4.28. The van der Waals surface area contributed by atoms with Crippen molar-refractivity contribution in [2.45, 2.75) is 13.3 Å². The van der Waals surface area contributed by atoms with Crippen LogP contribution in [0.1, 0.15) is 20.8 Å². The molecular formula is C14H15FN2OS. The molecule has 1 amide bonds. The summed E-state index contributed by atoms with van der Waals surface area (Å²) in [6.07, 6.45) is 0.670. The van der Waals surface area contributed by atoms with Gasteiger partial charge in [0.15, 0.2) is 0 Å². The fourth-order valence-corrected chi connectivity index (χ4v) is 2.57. The Kier molecular flexibility index (Phi) is 4.16. The zero-order valence-electron chi connectivity index (χ0n) is 10.6. The minimum absolute atomic E-state index is 0.160. The van der Waals surface area contributed by atoms with Crippen LogP contribution in [0.5, 0.6) is 0 Å². The van der Waals surface area contributed by atoms with Crippen molar-refractivity contribution in [3.8, 4) is 0 Å². The van der Waals surface area contributed by atoms with Crippen molar-refractivity contribution in [3.63, 3.8) is 0 Å². The maximum atomic E-state index is 12.9. The first-order valence-corrected chi connectivity index (χ1v) is 6.82. The van der Waals surface area contributed by atoms with E-state index in [0.29, 0.717) is 23.5 Å². The number of nitrogens with two attached hydrogens (primary N) is 1. The van der Waals surface area contributed by atoms with Gasteiger partial charge in [-0.1, -0.05) is 6.07 Å². The first-order valence-electron chi connectivity index (χ1n) is 5.94. The van der Waals surface area contributed by atoms with Gasteiger partial charge in [-0.3, -0.25) is 4.79 Å². The molecule has 0 aliphatic heterocycles. The highest BCUT2D eigenvalue weighted by atomic mass is 32.1. The van der Waals surface area contributed by atoms with Crippen molar-refractivity contribution >= 4 is 22.9 Å². The van der Waals surface area contributed by atoms with E-state index in [9.17, 15) is 9.18 Å². The SMILES string of the molecule is Cc1cc(F)ccc1CCNC(=O)c1sccc1N. The normalized spacial score (nSPS) is 10.4. The molecule has 0 atom stereocenters. The summed E-state index contributed by atoms with van der Waals surface area (Å²) in [7, 11) is 0. The molecule has 2 aromatic rings. The number of thiophene rings is 1. The lowest BCUT2D eigenvalue weighted by molar-refractivity contribution is 0.0959. The third-order valence-corrected chi connectivity index (χ3v) is 3.82. The highest BCUT2D eigenvalue weighted by Gasteiger charge is 2.10. The van der Waals surface area contributed by atoms with Gasteiger partial charge in [0.25, 0.3) is 5.91 Å². The smallest absolute Gasteiger partial charge is 0.263 e. The monoisotopic (exact) mass is 278 g/mol. The van der Waals surface area contributed by atoms with E-state index in [-0.39, 0.29) is 11.7 Å². The van der Waals surface area contributed by atoms with E-state index < -0.39 is 0 Å². The maximum Gasteiger partial charge on any atom is 0.263 e. The lowest BCUT2D eigenvalue weighted by Crippen LogP contribution is -2.25. The molecule has 3 nitrogen and oxygen atoms in total. The van der Waals surface area contributed by atoms with Gasteiger partial charge in [0.05, 0.1) is 5.69 Å². The number of aryl methyl sites for hydroxylation is 1. The van der Waals surface area contributed by atoms with Gasteiger partial charge in [0.2, 0.25) is 0 Å². The van der Waals surface area contributed by atoms with Crippen LogP contribution in [-0.2, 0) is 6.42 Å². The van der Waals surface area contributed by atoms with Crippen LogP contribution in [-0.4, -0.2) is 12.5 Å². The van der Waals surface area contributed by atoms with E-state index in [1.54, 1.807) is 17.5 Å². The number of carbonyl (C=O) groups excluding carboxylic acids is 1. The fourth-order valence-electron chi connectivity index (χ4n) is 1.83. The molecule has 5 heteroatoms. The molecule has 0 fully saturated rings. The van der Waals surface area contributed by atoms with Crippen LogP contribution in [0.2, 0.25) is 0 Å². The second kappa shape index (κ2) is 5.84. The number of nitrogens with one attached hydrogen (secondary N) is 1. The Balaban J connectivity index is 1.90. The van der Waals surface area contributed by atoms with Crippen LogP contribution in [0.3, 0.4) is 0 Å². The summed E-state index contributed by atoms with van der Waals surface area (Å²) in [6.45, 7) is 2.36. The molecule has 0 spiro atoms. The van der Waals surface area contributed by atoms with Crippen molar-refractivity contribution in [2.24, 2.45) is 0 Å². The molecule has 1 aromatic heterocycles. The second-order valence-corrected chi connectivity index (χ2v) is 5.20. The lowest BCUT2D eigenvalue weighted by Gasteiger charge is -2.07. The molecule has 19 heavy (non-hydrogen) atoms. The molecule has 0 saturated carbocycles. The molecule has 0 saturated heterocycles. The molecule has 100 valence electrons. The number of hydrogen-bond acceptors (Lipinski definition) is 3. The molecule has 0 aliphatic rings. The van der Waals surface area contributed by atoms with E-state index in [0.717, 1.165) is 11.1 Å². The summed E-state index contributed by atoms with van der Waals surface area (Å²) < 4.78 is 12.9. The third kappa shape index (κ3) is 3.32. The van der Waals surface area contributed by atoms with Gasteiger partial charge in [-0.2, -0.15) is 0 Å². The summed E-state index contributed by atoms with van der Waals surface area (Å²) in [4.78, 5) is 12.4. The highest BCUT2D eigenvalue weighted by Crippen LogP contribution is 2.18. The molecule has 1 aromatic carbocycles. The van der Waals surface area contributed by atoms with E-state index in [2.05, 4.69) is 5.32 Å². The van der Waals surface area contributed by atoms with E-state index in [1.807, 2.05) is 6.92 Å². The van der Waals surface area contributed by atoms with Crippen LogP contribution in [0.25, 0.3) is 0 Å². The van der Waals surface area contributed by atoms with Gasteiger partial charge in [0, 0.05) is 6.54 Å². The summed E-state index contributed by atoms with van der Waals surface area (Å²) in [5.41, 5.74) is 8.10. The largest absolute Gasteiger partial charge is 0.397 e. The highest BCUT2D eigenvalue weighted by molar-refractivity contribution is 7.12. The van der Waals surface area contributed by atoms with Crippen LogP contribution in [0, 0.1) is 12.7 Å². The molecule has 0 bridgehead atoms. The Morgan fingerprint density at radius 1 is 1.42 bits per heavy atom. The van der Waals surface area contributed by atoms with E-state index in [1.165, 1.54) is 23.5 Å².